The number of aromatic nitrogens is 2. The lowest BCUT2D eigenvalue weighted by atomic mass is 9.94. The summed E-state index contributed by atoms with van der Waals surface area (Å²) < 4.78 is 5.22. The molecule has 5 heteroatoms. The van der Waals surface area contributed by atoms with E-state index in [9.17, 15) is 5.11 Å². The number of piperidine rings is 1. The van der Waals surface area contributed by atoms with Crippen LogP contribution in [-0.4, -0.2) is 34.9 Å². The van der Waals surface area contributed by atoms with Crippen LogP contribution in [0.1, 0.15) is 44.3 Å². The van der Waals surface area contributed by atoms with Crippen molar-refractivity contribution in [1.29, 1.82) is 0 Å². The van der Waals surface area contributed by atoms with Crippen LogP contribution in [0.3, 0.4) is 0 Å². The van der Waals surface area contributed by atoms with Crippen LogP contribution in [-0.2, 0) is 5.41 Å². The second-order valence-corrected chi connectivity index (χ2v) is 5.04. The van der Waals surface area contributed by atoms with E-state index in [1.54, 1.807) is 0 Å². The molecule has 1 fully saturated rings. The Morgan fingerprint density at radius 3 is 3.00 bits per heavy atom. The molecule has 0 aliphatic carbocycles. The molecule has 16 heavy (non-hydrogen) atoms. The van der Waals surface area contributed by atoms with Crippen LogP contribution in [0.15, 0.2) is 4.52 Å². The third-order valence-corrected chi connectivity index (χ3v) is 3.08. The van der Waals surface area contributed by atoms with Crippen molar-refractivity contribution in [3.05, 3.63) is 11.7 Å². The summed E-state index contributed by atoms with van der Waals surface area (Å²) in [5, 5.41) is 16.6. The van der Waals surface area contributed by atoms with Gasteiger partial charge in [0, 0.05) is 12.5 Å². The molecule has 1 unspecified atom stereocenters. The van der Waals surface area contributed by atoms with Gasteiger partial charge in [-0.25, -0.2) is 0 Å². The lowest BCUT2D eigenvalue weighted by molar-refractivity contribution is 0.182. The normalized spacial score (nSPS) is 22.3. The number of aliphatic hydroxyl groups is 1. The lowest BCUT2D eigenvalue weighted by Gasteiger charge is -2.19. The van der Waals surface area contributed by atoms with Crippen LogP contribution in [0.5, 0.6) is 0 Å². The number of nitrogens with one attached hydrogen (secondary N) is 1. The first-order valence-electron chi connectivity index (χ1n) is 5.79. The van der Waals surface area contributed by atoms with Gasteiger partial charge in [0.15, 0.2) is 5.82 Å². The number of nitrogens with zero attached hydrogens (tertiary/aromatic N) is 2. The van der Waals surface area contributed by atoms with E-state index in [4.69, 9.17) is 4.52 Å². The van der Waals surface area contributed by atoms with Crippen LogP contribution in [0, 0.1) is 0 Å². The maximum atomic E-state index is 9.23. The van der Waals surface area contributed by atoms with Crippen molar-refractivity contribution in [2.24, 2.45) is 0 Å². The molecule has 5 nitrogen and oxygen atoms in total. The molecule has 0 aromatic carbocycles. The van der Waals surface area contributed by atoms with E-state index in [1.165, 1.54) is 0 Å². The smallest absolute Gasteiger partial charge is 0.234 e. The molecule has 0 spiro atoms. The SMILES string of the molecule is CC(C)(CO)c1nc(C2CCCNC2)no1. The Hall–Kier alpha value is -0.940. The Morgan fingerprint density at radius 2 is 2.38 bits per heavy atom. The zero-order valence-electron chi connectivity index (χ0n) is 9.86. The summed E-state index contributed by atoms with van der Waals surface area (Å²) in [5.74, 6) is 1.64. The van der Waals surface area contributed by atoms with Crippen molar-refractivity contribution in [2.45, 2.75) is 38.0 Å². The minimum absolute atomic E-state index is 0.0115. The van der Waals surface area contributed by atoms with Crippen molar-refractivity contribution in [3.63, 3.8) is 0 Å². The minimum Gasteiger partial charge on any atom is -0.395 e. The molecule has 0 bridgehead atoms. The summed E-state index contributed by atoms with van der Waals surface area (Å²) in [4.78, 5) is 4.40. The van der Waals surface area contributed by atoms with Gasteiger partial charge in [-0.3, -0.25) is 0 Å². The van der Waals surface area contributed by atoms with Crippen molar-refractivity contribution < 1.29 is 9.63 Å². The fourth-order valence-electron chi connectivity index (χ4n) is 1.82. The van der Waals surface area contributed by atoms with E-state index in [2.05, 4.69) is 15.5 Å². The quantitative estimate of drug-likeness (QED) is 0.796. The molecule has 2 N–H and O–H groups in total. The number of hydrogen-bond acceptors (Lipinski definition) is 5. The first-order chi connectivity index (χ1) is 7.63. The summed E-state index contributed by atoms with van der Waals surface area (Å²) in [6.07, 6.45) is 2.25. The van der Waals surface area contributed by atoms with Gasteiger partial charge in [0.25, 0.3) is 0 Å². The van der Waals surface area contributed by atoms with E-state index in [1.807, 2.05) is 13.8 Å². The van der Waals surface area contributed by atoms with Crippen molar-refractivity contribution in [1.82, 2.24) is 15.5 Å². The van der Waals surface area contributed by atoms with Gasteiger partial charge in [0.2, 0.25) is 5.89 Å². The molecule has 90 valence electrons. The van der Waals surface area contributed by atoms with Gasteiger partial charge >= 0.3 is 0 Å². The predicted molar refractivity (Wildman–Crippen MR) is 59.3 cm³/mol. The molecule has 2 rings (SSSR count). The summed E-state index contributed by atoms with van der Waals surface area (Å²) in [5.41, 5.74) is -0.451. The van der Waals surface area contributed by atoms with Crippen LogP contribution in [0.4, 0.5) is 0 Å². The third kappa shape index (κ3) is 2.25. The first-order valence-corrected chi connectivity index (χ1v) is 5.79. The van der Waals surface area contributed by atoms with Gasteiger partial charge in [0.1, 0.15) is 0 Å². The molecule has 0 amide bonds. The standard InChI is InChI=1S/C11H19N3O2/c1-11(2,7-15)10-13-9(14-16-10)8-4-3-5-12-6-8/h8,12,15H,3-7H2,1-2H3. The van der Waals surface area contributed by atoms with E-state index in [-0.39, 0.29) is 6.61 Å². The van der Waals surface area contributed by atoms with Crippen molar-refractivity contribution in [3.8, 4) is 0 Å². The second kappa shape index (κ2) is 4.51. The number of rotatable bonds is 3. The van der Waals surface area contributed by atoms with E-state index >= 15 is 0 Å². The van der Waals surface area contributed by atoms with Gasteiger partial charge in [-0.15, -0.1) is 0 Å². The molecule has 1 aliphatic heterocycles. The van der Waals surface area contributed by atoms with Crippen LogP contribution in [0.25, 0.3) is 0 Å². The van der Waals surface area contributed by atoms with E-state index in [0.29, 0.717) is 11.8 Å². The summed E-state index contributed by atoms with van der Waals surface area (Å²) in [6.45, 7) is 5.78. The average molecular weight is 225 g/mol. The fraction of sp³-hybridized carbons (Fsp3) is 0.818. The molecule has 2 heterocycles. The molecule has 1 saturated heterocycles. The first kappa shape index (κ1) is 11.5. The van der Waals surface area contributed by atoms with Crippen LogP contribution in [0.2, 0.25) is 0 Å². The lowest BCUT2D eigenvalue weighted by Crippen LogP contribution is -2.29. The molecule has 1 aromatic heterocycles. The Morgan fingerprint density at radius 1 is 1.56 bits per heavy atom. The highest BCUT2D eigenvalue weighted by atomic mass is 16.5. The maximum Gasteiger partial charge on any atom is 0.234 e. The van der Waals surface area contributed by atoms with Crippen molar-refractivity contribution >= 4 is 0 Å². The second-order valence-electron chi connectivity index (χ2n) is 5.04. The zero-order chi connectivity index (χ0) is 11.6. The molecule has 1 aromatic rings. The summed E-state index contributed by atoms with van der Waals surface area (Å²) in [7, 11) is 0. The highest BCUT2D eigenvalue weighted by molar-refractivity contribution is 5.04. The summed E-state index contributed by atoms with van der Waals surface area (Å²) in [6, 6.07) is 0. The minimum atomic E-state index is -0.451. The highest BCUT2D eigenvalue weighted by Crippen LogP contribution is 2.25. The Kier molecular flexibility index (Phi) is 3.25. The maximum absolute atomic E-state index is 9.23. The molecule has 0 saturated carbocycles. The molecule has 1 atom stereocenters. The molecular weight excluding hydrogens is 206 g/mol. The van der Waals surface area contributed by atoms with Crippen LogP contribution >= 0.6 is 0 Å². The number of hydrogen-bond donors (Lipinski definition) is 2. The Balaban J connectivity index is 2.12. The Bertz CT molecular complexity index is 343. The molecule has 0 radical (unpaired) electrons. The zero-order valence-corrected chi connectivity index (χ0v) is 9.86. The average Bonchev–Trinajstić information content (AvgIpc) is 2.80. The van der Waals surface area contributed by atoms with Gasteiger partial charge in [-0.2, -0.15) is 4.98 Å². The van der Waals surface area contributed by atoms with Gasteiger partial charge in [0.05, 0.1) is 12.0 Å². The van der Waals surface area contributed by atoms with E-state index in [0.717, 1.165) is 31.8 Å². The predicted octanol–water partition coefficient (Wildman–Crippen LogP) is 0.806. The monoisotopic (exact) mass is 225 g/mol. The highest BCUT2D eigenvalue weighted by Gasteiger charge is 2.29. The van der Waals surface area contributed by atoms with Gasteiger partial charge < -0.3 is 14.9 Å². The van der Waals surface area contributed by atoms with Crippen LogP contribution < -0.4 is 5.32 Å². The van der Waals surface area contributed by atoms with Crippen molar-refractivity contribution in [2.75, 3.05) is 19.7 Å². The van der Waals surface area contributed by atoms with Gasteiger partial charge in [-0.1, -0.05) is 5.16 Å². The molecule has 1 aliphatic rings. The summed E-state index contributed by atoms with van der Waals surface area (Å²) >= 11 is 0. The Labute approximate surface area is 95.2 Å². The third-order valence-electron chi connectivity index (χ3n) is 3.08. The van der Waals surface area contributed by atoms with E-state index < -0.39 is 5.41 Å². The topological polar surface area (TPSA) is 71.2 Å². The largest absolute Gasteiger partial charge is 0.395 e. The van der Waals surface area contributed by atoms with Gasteiger partial charge in [-0.05, 0) is 33.2 Å². The number of aliphatic hydroxyl groups excluding tert-OH is 1. The molecular formula is C11H19N3O2. The fourth-order valence-corrected chi connectivity index (χ4v) is 1.82.